The Kier molecular flexibility index (Phi) is 4.07. The van der Waals surface area contributed by atoms with Gasteiger partial charge in [0.2, 0.25) is 10.0 Å². The highest BCUT2D eigenvalue weighted by Crippen LogP contribution is 2.29. The summed E-state index contributed by atoms with van der Waals surface area (Å²) >= 11 is 0. The largest absolute Gasteiger partial charge is 0.573 e. The molecule has 0 radical (unpaired) electrons. The molecule has 0 aliphatic carbocycles. The molecule has 1 aromatic carbocycles. The Morgan fingerprint density at radius 3 is 2.22 bits per heavy atom. The summed E-state index contributed by atoms with van der Waals surface area (Å²) in [5, 5.41) is 4.83. The number of primary sulfonamides is 1. The minimum atomic E-state index is -4.93. The van der Waals surface area contributed by atoms with Gasteiger partial charge in [0.05, 0.1) is 11.5 Å². The summed E-state index contributed by atoms with van der Waals surface area (Å²) in [6.07, 6.45) is -4.93. The highest BCUT2D eigenvalue weighted by atomic mass is 32.2. The van der Waals surface area contributed by atoms with E-state index in [0.29, 0.717) is 6.07 Å². The minimum absolute atomic E-state index is 0.0803. The second-order valence-electron chi connectivity index (χ2n) is 3.17. The van der Waals surface area contributed by atoms with Crippen molar-refractivity contribution in [3.63, 3.8) is 0 Å². The van der Waals surface area contributed by atoms with Crippen molar-refractivity contribution in [2.75, 3.05) is 6.61 Å². The van der Waals surface area contributed by atoms with E-state index in [1.807, 2.05) is 0 Å². The van der Waals surface area contributed by atoms with Crippen molar-refractivity contribution in [2.45, 2.75) is 18.2 Å². The van der Waals surface area contributed by atoms with Crippen LogP contribution in [0.15, 0.2) is 23.1 Å². The van der Waals surface area contributed by atoms with Gasteiger partial charge in [0.1, 0.15) is 11.5 Å². The topological polar surface area (TPSA) is 78.6 Å². The molecular formula is C9H10F3NO4S. The van der Waals surface area contributed by atoms with Crippen LogP contribution < -0.4 is 14.6 Å². The van der Waals surface area contributed by atoms with Crippen molar-refractivity contribution in [3.8, 4) is 11.5 Å². The molecule has 0 spiro atoms. The number of sulfonamides is 1. The Balaban J connectivity index is 3.22. The SMILES string of the molecule is CCOc1cc(OC(F)(F)F)cc(S(N)(=O)=O)c1. The van der Waals surface area contributed by atoms with Crippen LogP contribution in [0.3, 0.4) is 0 Å². The first-order chi connectivity index (χ1) is 8.12. The molecule has 0 fully saturated rings. The number of nitrogens with two attached hydrogens (primary N) is 1. The molecule has 0 amide bonds. The number of ether oxygens (including phenoxy) is 2. The van der Waals surface area contributed by atoms with Crippen molar-refractivity contribution >= 4 is 10.0 Å². The average molecular weight is 285 g/mol. The van der Waals surface area contributed by atoms with Gasteiger partial charge in [-0.15, -0.1) is 13.2 Å². The van der Waals surface area contributed by atoms with E-state index < -0.39 is 27.0 Å². The summed E-state index contributed by atoms with van der Waals surface area (Å²) < 4.78 is 66.9. The number of hydrogen-bond donors (Lipinski definition) is 1. The summed E-state index contributed by atoms with van der Waals surface area (Å²) in [5.41, 5.74) is 0. The van der Waals surface area contributed by atoms with Crippen LogP contribution in [0.5, 0.6) is 11.5 Å². The number of hydrogen-bond acceptors (Lipinski definition) is 4. The van der Waals surface area contributed by atoms with Crippen LogP contribution in [0.1, 0.15) is 6.92 Å². The van der Waals surface area contributed by atoms with Gasteiger partial charge in [0, 0.05) is 18.2 Å². The van der Waals surface area contributed by atoms with E-state index in [2.05, 4.69) is 4.74 Å². The predicted octanol–water partition coefficient (Wildman–Crippen LogP) is 1.63. The Labute approximate surface area is 101 Å². The van der Waals surface area contributed by atoms with E-state index in [0.717, 1.165) is 12.1 Å². The van der Waals surface area contributed by atoms with Gasteiger partial charge in [-0.2, -0.15) is 0 Å². The first kappa shape index (κ1) is 14.6. The van der Waals surface area contributed by atoms with Crippen LogP contribution in [0.25, 0.3) is 0 Å². The van der Waals surface area contributed by atoms with Crippen molar-refractivity contribution in [1.29, 1.82) is 0 Å². The molecule has 0 heterocycles. The smallest absolute Gasteiger partial charge is 0.494 e. The van der Waals surface area contributed by atoms with Crippen LogP contribution in [0.4, 0.5) is 13.2 Å². The van der Waals surface area contributed by atoms with Crippen LogP contribution in [-0.2, 0) is 10.0 Å². The average Bonchev–Trinajstić information content (AvgIpc) is 2.13. The van der Waals surface area contributed by atoms with Gasteiger partial charge in [-0.25, -0.2) is 13.6 Å². The molecule has 5 nitrogen and oxygen atoms in total. The minimum Gasteiger partial charge on any atom is -0.494 e. The molecule has 0 aliphatic rings. The van der Waals surface area contributed by atoms with Crippen LogP contribution in [0, 0.1) is 0 Å². The van der Waals surface area contributed by atoms with Crippen molar-refractivity contribution in [2.24, 2.45) is 5.14 Å². The maximum atomic E-state index is 12.0. The van der Waals surface area contributed by atoms with Crippen molar-refractivity contribution < 1.29 is 31.1 Å². The van der Waals surface area contributed by atoms with E-state index in [4.69, 9.17) is 9.88 Å². The Hall–Kier alpha value is -1.48. The Bertz CT molecular complexity index is 527. The fraction of sp³-hybridized carbons (Fsp3) is 0.333. The first-order valence-corrected chi connectivity index (χ1v) is 6.23. The molecule has 1 rings (SSSR count). The van der Waals surface area contributed by atoms with Crippen molar-refractivity contribution in [1.82, 2.24) is 0 Å². The van der Waals surface area contributed by atoms with E-state index in [-0.39, 0.29) is 12.4 Å². The fourth-order valence-corrected chi connectivity index (χ4v) is 1.71. The highest BCUT2D eigenvalue weighted by molar-refractivity contribution is 7.89. The summed E-state index contributed by atoms with van der Waals surface area (Å²) in [4.78, 5) is -0.521. The molecule has 2 N–H and O–H groups in total. The summed E-state index contributed by atoms with van der Waals surface area (Å²) in [7, 11) is -4.15. The molecule has 0 atom stereocenters. The monoisotopic (exact) mass is 285 g/mol. The standard InChI is InChI=1S/C9H10F3NO4S/c1-2-16-6-3-7(17-9(10,11)12)5-8(4-6)18(13,14)15/h3-5H,2H2,1H3,(H2,13,14,15). The fourth-order valence-electron chi connectivity index (χ4n) is 1.15. The lowest BCUT2D eigenvalue weighted by atomic mass is 10.3. The zero-order chi connectivity index (χ0) is 14.0. The van der Waals surface area contributed by atoms with Gasteiger partial charge >= 0.3 is 6.36 Å². The third-order valence-electron chi connectivity index (χ3n) is 1.73. The lowest BCUT2D eigenvalue weighted by Gasteiger charge is -2.12. The van der Waals surface area contributed by atoms with E-state index in [1.54, 1.807) is 6.92 Å². The van der Waals surface area contributed by atoms with Crippen LogP contribution in [-0.4, -0.2) is 21.4 Å². The second kappa shape index (κ2) is 5.02. The molecule has 9 heteroatoms. The molecule has 102 valence electrons. The van der Waals surface area contributed by atoms with Gasteiger partial charge in [0.25, 0.3) is 0 Å². The summed E-state index contributed by atoms with van der Waals surface area (Å²) in [5.74, 6) is -0.791. The molecular weight excluding hydrogens is 275 g/mol. The van der Waals surface area contributed by atoms with E-state index in [1.165, 1.54) is 0 Å². The van der Waals surface area contributed by atoms with Gasteiger partial charge in [-0.05, 0) is 6.92 Å². The number of rotatable bonds is 4. The lowest BCUT2D eigenvalue weighted by molar-refractivity contribution is -0.274. The van der Waals surface area contributed by atoms with Gasteiger partial charge in [0.15, 0.2) is 0 Å². The quantitative estimate of drug-likeness (QED) is 0.912. The number of alkyl halides is 3. The zero-order valence-corrected chi connectivity index (χ0v) is 10.0. The molecule has 0 aliphatic heterocycles. The third-order valence-corrected chi connectivity index (χ3v) is 2.62. The number of benzene rings is 1. The molecule has 1 aromatic rings. The van der Waals surface area contributed by atoms with Crippen LogP contribution in [0.2, 0.25) is 0 Å². The van der Waals surface area contributed by atoms with E-state index >= 15 is 0 Å². The Morgan fingerprint density at radius 1 is 1.22 bits per heavy atom. The number of halogens is 3. The molecule has 18 heavy (non-hydrogen) atoms. The first-order valence-electron chi connectivity index (χ1n) is 4.68. The summed E-state index contributed by atoms with van der Waals surface area (Å²) in [6, 6.07) is 2.61. The highest BCUT2D eigenvalue weighted by Gasteiger charge is 2.31. The molecule has 0 bridgehead atoms. The summed E-state index contributed by atoms with van der Waals surface area (Å²) in [6.45, 7) is 1.74. The second-order valence-corrected chi connectivity index (χ2v) is 4.73. The third kappa shape index (κ3) is 4.41. The maximum Gasteiger partial charge on any atom is 0.573 e. The molecule has 0 saturated carbocycles. The van der Waals surface area contributed by atoms with Gasteiger partial charge in [-0.1, -0.05) is 0 Å². The maximum absolute atomic E-state index is 12.0. The zero-order valence-electron chi connectivity index (χ0n) is 9.19. The van der Waals surface area contributed by atoms with Gasteiger partial charge < -0.3 is 9.47 Å². The molecule has 0 aromatic heterocycles. The van der Waals surface area contributed by atoms with E-state index in [9.17, 15) is 21.6 Å². The van der Waals surface area contributed by atoms with Crippen molar-refractivity contribution in [3.05, 3.63) is 18.2 Å². The predicted molar refractivity (Wildman–Crippen MR) is 55.7 cm³/mol. The van der Waals surface area contributed by atoms with Gasteiger partial charge in [-0.3, -0.25) is 0 Å². The van der Waals surface area contributed by atoms with Crippen LogP contribution >= 0.6 is 0 Å². The Morgan fingerprint density at radius 2 is 1.78 bits per heavy atom. The normalized spacial score (nSPS) is 12.3. The lowest BCUT2D eigenvalue weighted by Crippen LogP contribution is -2.18. The molecule has 0 saturated heterocycles. The molecule has 0 unspecified atom stereocenters.